The van der Waals surface area contributed by atoms with Gasteiger partial charge in [-0.3, -0.25) is 15.0 Å². The van der Waals surface area contributed by atoms with Crippen LogP contribution in [0.25, 0.3) is 0 Å². The predicted octanol–water partition coefficient (Wildman–Crippen LogP) is 0.250. The zero-order chi connectivity index (χ0) is 21.9. The minimum Gasteiger partial charge on any atom is -0.497 e. The van der Waals surface area contributed by atoms with Crippen LogP contribution in [0.5, 0.6) is 11.5 Å². The molecule has 3 rings (SSSR count). The van der Waals surface area contributed by atoms with E-state index in [0.29, 0.717) is 36.8 Å². The van der Waals surface area contributed by atoms with E-state index in [0.717, 1.165) is 28.3 Å². The molecule has 0 bridgehead atoms. The Labute approximate surface area is 176 Å². The van der Waals surface area contributed by atoms with Gasteiger partial charge in [-0.05, 0) is 43.7 Å². The van der Waals surface area contributed by atoms with Crippen LogP contribution in [0.4, 0.5) is 4.79 Å². The number of carbonyl (C=O) groups is 3. The van der Waals surface area contributed by atoms with Crippen LogP contribution in [0.2, 0.25) is 0 Å². The molecule has 4 amide bonds. The summed E-state index contributed by atoms with van der Waals surface area (Å²) >= 11 is 0. The maximum atomic E-state index is 12.8. The fourth-order valence-electron chi connectivity index (χ4n) is 4.14. The number of ether oxygens (including phenoxy) is 2. The van der Waals surface area contributed by atoms with Crippen molar-refractivity contribution in [1.29, 1.82) is 0 Å². The quantitative estimate of drug-likeness (QED) is 0.550. The maximum absolute atomic E-state index is 12.8. The van der Waals surface area contributed by atoms with E-state index >= 15 is 0 Å². The summed E-state index contributed by atoms with van der Waals surface area (Å²) in [6.07, 6.45) is 2.97. The molecule has 1 saturated heterocycles. The number of hydrogen-bond donors (Lipinski definition) is 3. The number of nitrogens with zero attached hydrogens (tertiary/aromatic N) is 1. The summed E-state index contributed by atoms with van der Waals surface area (Å²) in [6, 6.07) is 4.96. The number of rotatable bonds is 7. The van der Waals surface area contributed by atoms with Gasteiger partial charge in [0.15, 0.2) is 6.54 Å². The van der Waals surface area contributed by atoms with Crippen molar-refractivity contribution in [3.05, 3.63) is 23.8 Å². The van der Waals surface area contributed by atoms with Gasteiger partial charge in [-0.25, -0.2) is 4.79 Å². The summed E-state index contributed by atoms with van der Waals surface area (Å²) in [5, 5.41) is 3.65. The summed E-state index contributed by atoms with van der Waals surface area (Å²) < 4.78 is 10.6. The molecule has 1 spiro atoms. The largest absolute Gasteiger partial charge is 0.497 e. The molecule has 0 radical (unpaired) electrons. The first-order valence-electron chi connectivity index (χ1n) is 10.3. The lowest BCUT2D eigenvalue weighted by Gasteiger charge is -2.33. The molecular formula is C21H31N4O5+. The van der Waals surface area contributed by atoms with E-state index in [9.17, 15) is 14.4 Å². The zero-order valence-corrected chi connectivity index (χ0v) is 18.0. The lowest BCUT2D eigenvalue weighted by Crippen LogP contribution is -3.09. The Morgan fingerprint density at radius 1 is 1.27 bits per heavy atom. The number of urea groups is 1. The van der Waals surface area contributed by atoms with Gasteiger partial charge in [0.05, 0.1) is 21.3 Å². The van der Waals surface area contributed by atoms with Gasteiger partial charge in [-0.15, -0.1) is 0 Å². The number of likely N-dealkylation sites (N-methyl/N-ethyl adjacent to an activating group) is 1. The molecule has 164 valence electrons. The first kappa shape index (κ1) is 21.9. The molecule has 1 aromatic rings. The summed E-state index contributed by atoms with van der Waals surface area (Å²) in [5.74, 6) is 1.15. The molecular weight excluding hydrogens is 388 g/mol. The van der Waals surface area contributed by atoms with Crippen molar-refractivity contribution in [1.82, 2.24) is 15.8 Å². The second-order valence-electron chi connectivity index (χ2n) is 8.36. The number of carbonyl (C=O) groups excluding carboxylic acids is 3. The molecule has 9 nitrogen and oxygen atoms in total. The highest BCUT2D eigenvalue weighted by Crippen LogP contribution is 2.35. The number of methoxy groups -OCH3 is 2. The van der Waals surface area contributed by atoms with Crippen LogP contribution in [-0.4, -0.2) is 56.2 Å². The minimum absolute atomic E-state index is 0.0935. The SMILES string of the molecule is COc1ccc(C[NH+](C)CC(=O)NN2C(=O)NC3(CCC(C)CC3)C2=O)c(OC)c1. The van der Waals surface area contributed by atoms with Crippen molar-refractivity contribution in [2.75, 3.05) is 27.8 Å². The van der Waals surface area contributed by atoms with Crippen molar-refractivity contribution in [2.24, 2.45) is 5.92 Å². The van der Waals surface area contributed by atoms with Crippen LogP contribution in [0, 0.1) is 5.92 Å². The van der Waals surface area contributed by atoms with Gasteiger partial charge in [-0.1, -0.05) is 6.92 Å². The van der Waals surface area contributed by atoms with Gasteiger partial charge in [0, 0.05) is 11.6 Å². The Hall–Kier alpha value is -2.81. The van der Waals surface area contributed by atoms with Crippen LogP contribution in [0.3, 0.4) is 0 Å². The number of imide groups is 1. The molecule has 9 heteroatoms. The number of benzene rings is 1. The lowest BCUT2D eigenvalue weighted by atomic mass is 9.77. The molecule has 1 aliphatic carbocycles. The Morgan fingerprint density at radius 2 is 1.97 bits per heavy atom. The smallest absolute Gasteiger partial charge is 0.344 e. The fraction of sp³-hybridized carbons (Fsp3) is 0.571. The van der Waals surface area contributed by atoms with E-state index < -0.39 is 17.5 Å². The van der Waals surface area contributed by atoms with Crippen LogP contribution in [0.15, 0.2) is 18.2 Å². The fourth-order valence-corrected chi connectivity index (χ4v) is 4.14. The monoisotopic (exact) mass is 419 g/mol. The molecule has 1 unspecified atom stereocenters. The first-order chi connectivity index (χ1) is 14.3. The van der Waals surface area contributed by atoms with Crippen LogP contribution in [-0.2, 0) is 16.1 Å². The number of hydrazine groups is 1. The molecule has 2 aliphatic rings. The van der Waals surface area contributed by atoms with Crippen molar-refractivity contribution >= 4 is 17.8 Å². The topological polar surface area (TPSA) is 101 Å². The summed E-state index contributed by atoms with van der Waals surface area (Å²) in [4.78, 5) is 38.6. The molecule has 0 aromatic heterocycles. The summed E-state index contributed by atoms with van der Waals surface area (Å²) in [5.41, 5.74) is 2.54. The average molecular weight is 420 g/mol. The normalized spacial score (nSPS) is 24.5. The highest BCUT2D eigenvalue weighted by molar-refractivity contribution is 6.08. The average Bonchev–Trinajstić information content (AvgIpc) is 2.94. The van der Waals surface area contributed by atoms with Gasteiger partial charge in [0.2, 0.25) is 0 Å². The lowest BCUT2D eigenvalue weighted by molar-refractivity contribution is -0.885. The van der Waals surface area contributed by atoms with Crippen LogP contribution in [0.1, 0.15) is 38.2 Å². The van der Waals surface area contributed by atoms with Crippen LogP contribution >= 0.6 is 0 Å². The highest BCUT2D eigenvalue weighted by atomic mass is 16.5. The number of amides is 4. The van der Waals surface area contributed by atoms with Gasteiger partial charge < -0.3 is 19.7 Å². The third kappa shape index (κ3) is 4.51. The number of quaternary nitrogens is 1. The van der Waals surface area contributed by atoms with E-state index in [-0.39, 0.29) is 12.5 Å². The highest BCUT2D eigenvalue weighted by Gasteiger charge is 2.53. The Morgan fingerprint density at radius 3 is 2.60 bits per heavy atom. The Balaban J connectivity index is 1.58. The number of nitrogens with one attached hydrogen (secondary N) is 3. The molecule has 3 N–H and O–H groups in total. The van der Waals surface area contributed by atoms with Crippen molar-refractivity contribution in [3.8, 4) is 11.5 Å². The van der Waals surface area contributed by atoms with Gasteiger partial charge >= 0.3 is 6.03 Å². The second-order valence-corrected chi connectivity index (χ2v) is 8.36. The molecule has 1 atom stereocenters. The molecule has 1 aliphatic heterocycles. The summed E-state index contributed by atoms with van der Waals surface area (Å²) in [7, 11) is 5.03. The van der Waals surface area contributed by atoms with Crippen molar-refractivity contribution in [2.45, 2.75) is 44.7 Å². The van der Waals surface area contributed by atoms with E-state index in [1.165, 1.54) is 0 Å². The number of hydrogen-bond acceptors (Lipinski definition) is 5. The Kier molecular flexibility index (Phi) is 6.50. The first-order valence-corrected chi connectivity index (χ1v) is 10.3. The van der Waals surface area contributed by atoms with E-state index in [1.54, 1.807) is 20.3 Å². The van der Waals surface area contributed by atoms with E-state index in [1.807, 2.05) is 19.2 Å². The van der Waals surface area contributed by atoms with Crippen LogP contribution < -0.4 is 25.1 Å². The molecule has 30 heavy (non-hydrogen) atoms. The molecule has 1 heterocycles. The maximum Gasteiger partial charge on any atom is 0.344 e. The third-order valence-electron chi connectivity index (χ3n) is 5.97. The van der Waals surface area contributed by atoms with E-state index in [2.05, 4.69) is 17.7 Å². The molecule has 1 aromatic carbocycles. The molecule has 2 fully saturated rings. The Bertz CT molecular complexity index is 820. The molecule has 1 saturated carbocycles. The standard InChI is InChI=1S/C21H30N4O5/c1-14-7-9-21(10-8-14)19(27)25(20(28)22-21)23-18(26)13-24(2)12-15-5-6-16(29-3)11-17(15)30-4/h5-6,11,14H,7-10,12-13H2,1-4H3,(H,22,28)(H,23,26)/p+1. The third-order valence-corrected chi connectivity index (χ3v) is 5.97. The minimum atomic E-state index is -0.869. The van der Waals surface area contributed by atoms with Gasteiger partial charge in [0.1, 0.15) is 23.6 Å². The summed E-state index contributed by atoms with van der Waals surface area (Å²) in [6.45, 7) is 2.77. The van der Waals surface area contributed by atoms with Crippen molar-refractivity contribution in [3.63, 3.8) is 0 Å². The van der Waals surface area contributed by atoms with Crippen molar-refractivity contribution < 1.29 is 28.8 Å². The van der Waals surface area contributed by atoms with Gasteiger partial charge in [-0.2, -0.15) is 5.01 Å². The van der Waals surface area contributed by atoms with E-state index in [4.69, 9.17) is 9.47 Å². The second kappa shape index (κ2) is 8.91. The zero-order valence-electron chi connectivity index (χ0n) is 18.0. The predicted molar refractivity (Wildman–Crippen MR) is 109 cm³/mol. The van der Waals surface area contributed by atoms with Gasteiger partial charge in [0.25, 0.3) is 11.8 Å².